The van der Waals surface area contributed by atoms with Crippen molar-refractivity contribution in [3.05, 3.63) is 88.8 Å². The van der Waals surface area contributed by atoms with E-state index in [4.69, 9.17) is 4.98 Å². The van der Waals surface area contributed by atoms with Gasteiger partial charge >= 0.3 is 0 Å². The van der Waals surface area contributed by atoms with Gasteiger partial charge in [-0.3, -0.25) is 9.78 Å². The van der Waals surface area contributed by atoms with E-state index < -0.39 is 0 Å². The monoisotopic (exact) mass is 396 g/mol. The number of pyridine rings is 2. The van der Waals surface area contributed by atoms with Crippen molar-refractivity contribution >= 4 is 32.3 Å². The molecule has 1 fully saturated rings. The van der Waals surface area contributed by atoms with E-state index in [1.54, 1.807) is 23.7 Å². The summed E-state index contributed by atoms with van der Waals surface area (Å²) in [6.45, 7) is 0. The third-order valence-electron chi connectivity index (χ3n) is 5.64. The Kier molecular flexibility index (Phi) is 3.61. The zero-order valence-electron chi connectivity index (χ0n) is 15.4. The number of nitrogens with zero attached hydrogens (tertiary/aromatic N) is 4. The number of fused-ring (bicyclic) bond motifs is 2. The molecule has 1 aliphatic rings. The van der Waals surface area contributed by atoms with Gasteiger partial charge in [0.1, 0.15) is 6.33 Å². The third kappa shape index (κ3) is 2.68. The summed E-state index contributed by atoms with van der Waals surface area (Å²) in [6.07, 6.45) is 7.87. The summed E-state index contributed by atoms with van der Waals surface area (Å²) in [6, 6.07) is 14.5. The Balaban J connectivity index is 1.41. The Morgan fingerprint density at radius 2 is 1.90 bits per heavy atom. The van der Waals surface area contributed by atoms with E-state index in [-0.39, 0.29) is 17.5 Å². The van der Waals surface area contributed by atoms with Crippen LogP contribution in [0.1, 0.15) is 24.1 Å². The predicted octanol–water partition coefficient (Wildman–Crippen LogP) is 4.80. The van der Waals surface area contributed by atoms with Gasteiger partial charge in [0, 0.05) is 62.8 Å². The Morgan fingerprint density at radius 3 is 2.79 bits per heavy atom. The predicted molar refractivity (Wildman–Crippen MR) is 115 cm³/mol. The third-order valence-corrected chi connectivity index (χ3v) is 6.59. The smallest absolute Gasteiger partial charge is 0.260 e. The molecule has 0 radical (unpaired) electrons. The van der Waals surface area contributed by atoms with Crippen molar-refractivity contribution < 1.29 is 0 Å². The largest absolute Gasteiger partial charge is 0.311 e. The minimum absolute atomic E-state index is 0.0518. The van der Waals surface area contributed by atoms with Crippen molar-refractivity contribution in [3.8, 4) is 11.1 Å². The van der Waals surface area contributed by atoms with Crippen molar-refractivity contribution in [2.75, 3.05) is 0 Å². The lowest BCUT2D eigenvalue weighted by Gasteiger charge is -2.07. The van der Waals surface area contributed by atoms with E-state index in [1.807, 2.05) is 40.4 Å². The quantitative estimate of drug-likeness (QED) is 0.440. The van der Waals surface area contributed by atoms with Crippen LogP contribution in [0.25, 0.3) is 32.1 Å². The van der Waals surface area contributed by atoms with Crippen molar-refractivity contribution in [1.29, 1.82) is 0 Å². The molecule has 0 unspecified atom stereocenters. The molecule has 0 N–H and O–H groups in total. The van der Waals surface area contributed by atoms with Crippen LogP contribution in [0, 0.1) is 0 Å². The second kappa shape index (κ2) is 6.32. The number of benzene rings is 1. The summed E-state index contributed by atoms with van der Waals surface area (Å²) >= 11 is 1.58. The maximum Gasteiger partial charge on any atom is 0.260 e. The van der Waals surface area contributed by atoms with Crippen LogP contribution in [0.3, 0.4) is 0 Å². The summed E-state index contributed by atoms with van der Waals surface area (Å²) in [5.41, 5.74) is 3.89. The summed E-state index contributed by atoms with van der Waals surface area (Å²) in [5, 5.41) is 3.91. The van der Waals surface area contributed by atoms with Gasteiger partial charge in [-0.05, 0) is 24.6 Å². The van der Waals surface area contributed by atoms with E-state index in [9.17, 15) is 4.79 Å². The average molecular weight is 396 g/mol. The van der Waals surface area contributed by atoms with Gasteiger partial charge in [-0.25, -0.2) is 9.97 Å². The lowest BCUT2D eigenvalue weighted by molar-refractivity contribution is 0.688. The second-order valence-electron chi connectivity index (χ2n) is 7.38. The summed E-state index contributed by atoms with van der Waals surface area (Å²) in [7, 11) is 0. The standard InChI is InChI=1S/C23H16N4OS/c28-23-22-17(15-10-24-13-25-11-15)12-29-21(22)7-8-27(23)20-9-16(20)19-6-5-14-3-1-2-4-18(14)26-19/h1-8,10-13,16,20H,9H2/t16-,20-/m1/s1. The maximum absolute atomic E-state index is 13.4. The summed E-state index contributed by atoms with van der Waals surface area (Å²) in [4.78, 5) is 26.4. The molecule has 1 aromatic carbocycles. The molecule has 6 rings (SSSR count). The molecule has 4 aromatic heterocycles. The summed E-state index contributed by atoms with van der Waals surface area (Å²) in [5.74, 6) is 0.275. The minimum Gasteiger partial charge on any atom is -0.311 e. The Hall–Kier alpha value is -3.38. The lowest BCUT2D eigenvalue weighted by Crippen LogP contribution is -2.18. The Labute approximate surface area is 170 Å². The second-order valence-corrected chi connectivity index (χ2v) is 8.29. The number of hydrogen-bond donors (Lipinski definition) is 0. The average Bonchev–Trinajstić information content (AvgIpc) is 3.44. The number of rotatable bonds is 3. The van der Waals surface area contributed by atoms with E-state index in [0.717, 1.165) is 44.2 Å². The maximum atomic E-state index is 13.4. The highest BCUT2D eigenvalue weighted by atomic mass is 32.1. The Morgan fingerprint density at radius 1 is 1.03 bits per heavy atom. The topological polar surface area (TPSA) is 60.7 Å². The van der Waals surface area contributed by atoms with Crippen LogP contribution in [0.15, 0.2) is 77.6 Å². The molecule has 29 heavy (non-hydrogen) atoms. The van der Waals surface area contributed by atoms with Crippen molar-refractivity contribution in [1.82, 2.24) is 19.5 Å². The molecule has 4 heterocycles. The molecule has 0 bridgehead atoms. The fourth-order valence-electron chi connectivity index (χ4n) is 4.07. The normalized spacial score (nSPS) is 18.3. The molecular weight excluding hydrogens is 380 g/mol. The minimum atomic E-state index is 0.0518. The van der Waals surface area contributed by atoms with Crippen LogP contribution < -0.4 is 5.56 Å². The van der Waals surface area contributed by atoms with Gasteiger partial charge in [-0.2, -0.15) is 0 Å². The number of thiophene rings is 1. The first-order valence-corrected chi connectivity index (χ1v) is 10.4. The number of para-hydroxylation sites is 1. The highest BCUT2D eigenvalue weighted by Crippen LogP contribution is 2.50. The Bertz CT molecular complexity index is 1420. The molecule has 6 heteroatoms. The van der Waals surface area contributed by atoms with E-state index in [2.05, 4.69) is 28.2 Å². The van der Waals surface area contributed by atoms with Gasteiger partial charge in [0.2, 0.25) is 0 Å². The first-order chi connectivity index (χ1) is 14.3. The van der Waals surface area contributed by atoms with Crippen molar-refractivity contribution in [3.63, 3.8) is 0 Å². The van der Waals surface area contributed by atoms with Crippen LogP contribution in [-0.2, 0) is 0 Å². The first-order valence-electron chi connectivity index (χ1n) is 9.53. The van der Waals surface area contributed by atoms with E-state index >= 15 is 0 Å². The van der Waals surface area contributed by atoms with Crippen LogP contribution in [0.4, 0.5) is 0 Å². The van der Waals surface area contributed by atoms with Gasteiger partial charge in [-0.15, -0.1) is 11.3 Å². The van der Waals surface area contributed by atoms with Gasteiger partial charge in [0.15, 0.2) is 0 Å². The summed E-state index contributed by atoms with van der Waals surface area (Å²) < 4.78 is 2.87. The van der Waals surface area contributed by atoms with Crippen molar-refractivity contribution in [2.24, 2.45) is 0 Å². The van der Waals surface area contributed by atoms with Crippen LogP contribution in [0.2, 0.25) is 0 Å². The van der Waals surface area contributed by atoms with Gasteiger partial charge in [0.05, 0.1) is 10.9 Å². The highest BCUT2D eigenvalue weighted by Gasteiger charge is 2.41. The molecule has 5 nitrogen and oxygen atoms in total. The zero-order chi connectivity index (χ0) is 19.4. The van der Waals surface area contributed by atoms with Crippen LogP contribution >= 0.6 is 11.3 Å². The molecule has 5 aromatic rings. The van der Waals surface area contributed by atoms with Crippen LogP contribution in [0.5, 0.6) is 0 Å². The molecule has 2 atom stereocenters. The molecule has 140 valence electrons. The van der Waals surface area contributed by atoms with Gasteiger partial charge < -0.3 is 4.57 Å². The van der Waals surface area contributed by atoms with Crippen molar-refractivity contribution in [2.45, 2.75) is 18.4 Å². The highest BCUT2D eigenvalue weighted by molar-refractivity contribution is 7.17. The fraction of sp³-hybridized carbons (Fsp3) is 0.130. The van der Waals surface area contributed by atoms with Crippen LogP contribution in [-0.4, -0.2) is 19.5 Å². The van der Waals surface area contributed by atoms with E-state index in [0.29, 0.717) is 0 Å². The number of hydrogen-bond acceptors (Lipinski definition) is 5. The zero-order valence-corrected chi connectivity index (χ0v) is 16.2. The molecule has 1 aliphatic carbocycles. The molecule has 0 aliphatic heterocycles. The number of aromatic nitrogens is 4. The van der Waals surface area contributed by atoms with E-state index in [1.165, 1.54) is 6.33 Å². The SMILES string of the molecule is O=c1c2c(-c3cncnc3)csc2ccn1[C@@H]1C[C@@H]1c1ccc2ccccc2n1. The molecule has 1 saturated carbocycles. The molecule has 0 amide bonds. The molecule has 0 saturated heterocycles. The lowest BCUT2D eigenvalue weighted by atomic mass is 10.1. The molecular formula is C23H16N4OS. The molecule has 0 spiro atoms. The fourth-order valence-corrected chi connectivity index (χ4v) is 5.02. The van der Waals surface area contributed by atoms with Gasteiger partial charge in [0.25, 0.3) is 5.56 Å². The first kappa shape index (κ1) is 16.6. The van der Waals surface area contributed by atoms with Gasteiger partial charge in [-0.1, -0.05) is 24.3 Å².